The maximum Gasteiger partial charge on any atom is 0.258 e. The minimum Gasteiger partial charge on any atom is -0.478 e. The Hall–Kier alpha value is -1.69. The number of hydrogen-bond acceptors (Lipinski definition) is 3. The van der Waals surface area contributed by atoms with Crippen LogP contribution in [-0.2, 0) is 11.4 Å². The Kier molecular flexibility index (Phi) is 3.76. The SMILES string of the molecule is O=C(COc1c(F)cc(CO)cc1F)NC1CC1. The van der Waals surface area contributed by atoms with E-state index in [1.54, 1.807) is 0 Å². The van der Waals surface area contributed by atoms with E-state index in [1.807, 2.05) is 0 Å². The lowest BCUT2D eigenvalue weighted by Crippen LogP contribution is -2.30. The topological polar surface area (TPSA) is 58.6 Å². The molecule has 1 saturated carbocycles. The van der Waals surface area contributed by atoms with Crippen molar-refractivity contribution >= 4 is 5.91 Å². The number of aliphatic hydroxyl groups excluding tert-OH is 1. The van der Waals surface area contributed by atoms with Gasteiger partial charge in [0.15, 0.2) is 24.0 Å². The molecule has 0 unspecified atom stereocenters. The van der Waals surface area contributed by atoms with Gasteiger partial charge in [0.05, 0.1) is 6.61 Å². The normalized spacial score (nSPS) is 14.4. The Balaban J connectivity index is 1.97. The van der Waals surface area contributed by atoms with Crippen molar-refractivity contribution in [2.75, 3.05) is 6.61 Å². The molecule has 98 valence electrons. The highest BCUT2D eigenvalue weighted by atomic mass is 19.1. The lowest BCUT2D eigenvalue weighted by Gasteiger charge is -2.09. The number of hydrogen-bond donors (Lipinski definition) is 2. The Bertz CT molecular complexity index is 438. The Morgan fingerprint density at radius 3 is 2.50 bits per heavy atom. The van der Waals surface area contributed by atoms with Crippen molar-refractivity contribution in [2.45, 2.75) is 25.5 Å². The maximum atomic E-state index is 13.4. The number of carbonyl (C=O) groups excluding carboxylic acids is 1. The van der Waals surface area contributed by atoms with Crippen LogP contribution in [0.4, 0.5) is 8.78 Å². The van der Waals surface area contributed by atoms with E-state index in [1.165, 1.54) is 0 Å². The summed E-state index contributed by atoms with van der Waals surface area (Å²) in [6.45, 7) is -0.890. The Morgan fingerprint density at radius 2 is 2.00 bits per heavy atom. The third-order valence-corrected chi connectivity index (χ3v) is 2.53. The summed E-state index contributed by atoms with van der Waals surface area (Å²) in [6, 6.07) is 2.11. The summed E-state index contributed by atoms with van der Waals surface area (Å²) in [5.74, 6) is -2.86. The van der Waals surface area contributed by atoms with Crippen molar-refractivity contribution in [3.63, 3.8) is 0 Å². The molecule has 0 aliphatic heterocycles. The molecule has 1 aliphatic rings. The highest BCUT2D eigenvalue weighted by Gasteiger charge is 2.23. The van der Waals surface area contributed by atoms with Crippen LogP contribution in [0.2, 0.25) is 0 Å². The molecular formula is C12H13F2NO3. The molecule has 2 rings (SSSR count). The lowest BCUT2D eigenvalue weighted by molar-refractivity contribution is -0.123. The molecule has 4 nitrogen and oxygen atoms in total. The van der Waals surface area contributed by atoms with Crippen molar-refractivity contribution in [3.05, 3.63) is 29.3 Å². The Morgan fingerprint density at radius 1 is 1.39 bits per heavy atom. The monoisotopic (exact) mass is 257 g/mol. The first kappa shape index (κ1) is 12.8. The number of halogens is 2. The summed E-state index contributed by atoms with van der Waals surface area (Å²) in [4.78, 5) is 11.3. The molecule has 1 amide bonds. The predicted octanol–water partition coefficient (Wildman–Crippen LogP) is 1.11. The highest BCUT2D eigenvalue weighted by molar-refractivity contribution is 5.78. The van der Waals surface area contributed by atoms with Crippen LogP contribution in [0.15, 0.2) is 12.1 Å². The van der Waals surface area contributed by atoms with E-state index >= 15 is 0 Å². The smallest absolute Gasteiger partial charge is 0.258 e. The van der Waals surface area contributed by atoms with Crippen LogP contribution < -0.4 is 10.1 Å². The van der Waals surface area contributed by atoms with Crippen molar-refractivity contribution in [3.8, 4) is 5.75 Å². The number of ether oxygens (including phenoxy) is 1. The summed E-state index contributed by atoms with van der Waals surface area (Å²) in [6.07, 6.45) is 1.86. The van der Waals surface area contributed by atoms with Gasteiger partial charge in [-0.1, -0.05) is 0 Å². The molecule has 0 atom stereocenters. The predicted molar refractivity (Wildman–Crippen MR) is 58.9 cm³/mol. The fourth-order valence-corrected chi connectivity index (χ4v) is 1.48. The average Bonchev–Trinajstić information content (AvgIpc) is 3.11. The highest BCUT2D eigenvalue weighted by Crippen LogP contribution is 2.23. The second-order valence-electron chi connectivity index (χ2n) is 4.18. The molecule has 0 saturated heterocycles. The van der Waals surface area contributed by atoms with E-state index in [9.17, 15) is 13.6 Å². The summed E-state index contributed by atoms with van der Waals surface area (Å²) in [7, 11) is 0. The molecule has 0 bridgehead atoms. The zero-order valence-electron chi connectivity index (χ0n) is 9.58. The number of nitrogens with one attached hydrogen (secondary N) is 1. The second kappa shape index (κ2) is 5.30. The van der Waals surface area contributed by atoms with Crippen LogP contribution in [0, 0.1) is 11.6 Å². The summed E-state index contributed by atoms with van der Waals surface area (Å²) >= 11 is 0. The van der Waals surface area contributed by atoms with Gasteiger partial charge in [-0.3, -0.25) is 4.79 Å². The molecule has 1 aromatic rings. The van der Waals surface area contributed by atoms with Gasteiger partial charge in [-0.2, -0.15) is 0 Å². The third-order valence-electron chi connectivity index (χ3n) is 2.53. The molecule has 1 aromatic carbocycles. The number of carbonyl (C=O) groups is 1. The van der Waals surface area contributed by atoms with Gasteiger partial charge in [0.25, 0.3) is 5.91 Å². The van der Waals surface area contributed by atoms with Gasteiger partial charge in [-0.15, -0.1) is 0 Å². The molecule has 0 radical (unpaired) electrons. The first-order valence-electron chi connectivity index (χ1n) is 5.61. The van der Waals surface area contributed by atoms with Crippen LogP contribution in [0.1, 0.15) is 18.4 Å². The first-order valence-corrected chi connectivity index (χ1v) is 5.61. The van der Waals surface area contributed by atoms with Crippen molar-refractivity contribution in [1.82, 2.24) is 5.32 Å². The molecule has 0 aromatic heterocycles. The van der Waals surface area contributed by atoms with Gasteiger partial charge in [-0.25, -0.2) is 8.78 Å². The average molecular weight is 257 g/mol. The zero-order valence-corrected chi connectivity index (χ0v) is 9.58. The van der Waals surface area contributed by atoms with E-state index in [4.69, 9.17) is 9.84 Å². The minimum absolute atomic E-state index is 0.111. The van der Waals surface area contributed by atoms with E-state index in [0.29, 0.717) is 0 Å². The summed E-state index contributed by atoms with van der Waals surface area (Å²) < 4.78 is 31.6. The molecule has 1 fully saturated rings. The van der Waals surface area contributed by atoms with E-state index in [-0.39, 0.29) is 11.6 Å². The number of amides is 1. The molecule has 18 heavy (non-hydrogen) atoms. The van der Waals surface area contributed by atoms with E-state index in [2.05, 4.69) is 5.32 Å². The van der Waals surface area contributed by atoms with Crippen molar-refractivity contribution in [1.29, 1.82) is 0 Å². The quantitative estimate of drug-likeness (QED) is 0.831. The van der Waals surface area contributed by atoms with Crippen LogP contribution in [0.5, 0.6) is 5.75 Å². The van der Waals surface area contributed by atoms with Crippen LogP contribution in [0.25, 0.3) is 0 Å². The van der Waals surface area contributed by atoms with Crippen LogP contribution in [0.3, 0.4) is 0 Å². The summed E-state index contributed by atoms with van der Waals surface area (Å²) in [5.41, 5.74) is 0.111. The van der Waals surface area contributed by atoms with Gasteiger partial charge in [0.1, 0.15) is 0 Å². The van der Waals surface area contributed by atoms with Crippen molar-refractivity contribution < 1.29 is 23.4 Å². The molecule has 0 spiro atoms. The van der Waals surface area contributed by atoms with Gasteiger partial charge in [-0.05, 0) is 30.5 Å². The molecule has 1 aliphatic carbocycles. The van der Waals surface area contributed by atoms with E-state index in [0.717, 1.165) is 25.0 Å². The summed E-state index contributed by atoms with van der Waals surface area (Å²) in [5, 5.41) is 11.4. The van der Waals surface area contributed by atoms with Gasteiger partial charge in [0, 0.05) is 6.04 Å². The number of benzene rings is 1. The van der Waals surface area contributed by atoms with Crippen molar-refractivity contribution in [2.24, 2.45) is 0 Å². The number of rotatable bonds is 5. The van der Waals surface area contributed by atoms with Crippen LogP contribution >= 0.6 is 0 Å². The van der Waals surface area contributed by atoms with Gasteiger partial charge in [0.2, 0.25) is 0 Å². The zero-order chi connectivity index (χ0) is 13.1. The Labute approximate surface area is 103 Å². The fraction of sp³-hybridized carbons (Fsp3) is 0.417. The molecule has 0 heterocycles. The van der Waals surface area contributed by atoms with E-state index < -0.39 is 36.5 Å². The minimum atomic E-state index is -0.932. The molecule has 6 heteroatoms. The standard InChI is InChI=1S/C12H13F2NO3/c13-9-3-7(5-16)4-10(14)12(9)18-6-11(17)15-8-1-2-8/h3-4,8,16H,1-2,5-6H2,(H,15,17). The largest absolute Gasteiger partial charge is 0.478 e. The maximum absolute atomic E-state index is 13.4. The first-order chi connectivity index (χ1) is 8.60. The molecule has 2 N–H and O–H groups in total. The number of aliphatic hydroxyl groups is 1. The lowest BCUT2D eigenvalue weighted by atomic mass is 10.2. The van der Waals surface area contributed by atoms with Gasteiger partial charge >= 0.3 is 0 Å². The molecular weight excluding hydrogens is 244 g/mol. The van der Waals surface area contributed by atoms with Crippen LogP contribution in [-0.4, -0.2) is 23.7 Å². The van der Waals surface area contributed by atoms with Gasteiger partial charge < -0.3 is 15.2 Å². The second-order valence-corrected chi connectivity index (χ2v) is 4.18. The fourth-order valence-electron chi connectivity index (χ4n) is 1.48. The third kappa shape index (κ3) is 3.16.